The summed E-state index contributed by atoms with van der Waals surface area (Å²) in [4.78, 5) is 11.2. The number of allylic oxidation sites excluding steroid dienone is 3. The summed E-state index contributed by atoms with van der Waals surface area (Å²) in [5, 5.41) is 0. The van der Waals surface area contributed by atoms with Crippen molar-refractivity contribution in [2.24, 2.45) is 11.8 Å². The minimum Gasteiger partial charge on any atom is -0.463 e. The normalized spacial score (nSPS) is 15.7. The molecule has 0 N–H and O–H groups in total. The van der Waals surface area contributed by atoms with E-state index in [0.717, 1.165) is 11.5 Å². The van der Waals surface area contributed by atoms with Crippen LogP contribution in [0.1, 0.15) is 53.9 Å². The van der Waals surface area contributed by atoms with Crippen molar-refractivity contribution in [2.75, 3.05) is 6.61 Å². The minimum atomic E-state index is -0.257. The highest BCUT2D eigenvalue weighted by Crippen LogP contribution is 2.16. The minimum absolute atomic E-state index is 0.257. The highest BCUT2D eigenvalue weighted by Gasteiger charge is 2.02. The van der Waals surface area contributed by atoms with Gasteiger partial charge in [0.2, 0.25) is 0 Å². The molecule has 0 fully saturated rings. The van der Waals surface area contributed by atoms with Gasteiger partial charge in [-0.05, 0) is 37.7 Å². The van der Waals surface area contributed by atoms with E-state index in [2.05, 4.69) is 26.8 Å². The monoisotopic (exact) mass is 252 g/mol. The van der Waals surface area contributed by atoms with Crippen molar-refractivity contribution >= 4 is 5.97 Å². The van der Waals surface area contributed by atoms with Crippen LogP contribution in [0.2, 0.25) is 0 Å². The summed E-state index contributed by atoms with van der Waals surface area (Å²) in [5.41, 5.74) is 0.948. The van der Waals surface area contributed by atoms with Crippen molar-refractivity contribution in [3.63, 3.8) is 0 Å². The lowest BCUT2D eigenvalue weighted by atomic mass is 9.96. The van der Waals surface area contributed by atoms with Crippen LogP contribution in [0.5, 0.6) is 0 Å². The summed E-state index contributed by atoms with van der Waals surface area (Å²) in [6.07, 6.45) is 9.45. The summed E-state index contributed by atoms with van der Waals surface area (Å²) in [5.74, 6) is 1.11. The molecule has 2 atom stereocenters. The maximum absolute atomic E-state index is 11.2. The van der Waals surface area contributed by atoms with Crippen LogP contribution in [0.3, 0.4) is 0 Å². The highest BCUT2D eigenvalue weighted by molar-refractivity contribution is 5.83. The average Bonchev–Trinajstić information content (AvgIpc) is 2.33. The van der Waals surface area contributed by atoms with E-state index in [1.807, 2.05) is 19.9 Å². The third kappa shape index (κ3) is 9.03. The zero-order valence-electron chi connectivity index (χ0n) is 12.5. The second kappa shape index (κ2) is 9.93. The fraction of sp³-hybridized carbons (Fsp3) is 0.688. The van der Waals surface area contributed by atoms with Crippen molar-refractivity contribution in [3.8, 4) is 0 Å². The molecule has 0 saturated heterocycles. The Balaban J connectivity index is 4.08. The third-order valence-electron chi connectivity index (χ3n) is 3.13. The topological polar surface area (TPSA) is 26.3 Å². The van der Waals surface area contributed by atoms with Crippen LogP contribution in [0, 0.1) is 11.8 Å². The molecule has 0 aliphatic rings. The second-order valence-electron chi connectivity index (χ2n) is 5.07. The molecule has 0 aromatic carbocycles. The van der Waals surface area contributed by atoms with E-state index in [0.29, 0.717) is 12.5 Å². The predicted molar refractivity (Wildman–Crippen MR) is 77.4 cm³/mol. The maximum atomic E-state index is 11.2. The van der Waals surface area contributed by atoms with E-state index in [1.54, 1.807) is 6.08 Å². The summed E-state index contributed by atoms with van der Waals surface area (Å²) < 4.78 is 4.86. The van der Waals surface area contributed by atoms with E-state index >= 15 is 0 Å². The Morgan fingerprint density at radius 1 is 1.22 bits per heavy atom. The lowest BCUT2D eigenvalue weighted by Crippen LogP contribution is -2.00. The van der Waals surface area contributed by atoms with E-state index in [9.17, 15) is 4.79 Å². The number of hydrogen-bond donors (Lipinski definition) is 0. The van der Waals surface area contributed by atoms with Crippen molar-refractivity contribution < 1.29 is 9.53 Å². The van der Waals surface area contributed by atoms with Gasteiger partial charge in [0.15, 0.2) is 0 Å². The first-order chi connectivity index (χ1) is 8.49. The van der Waals surface area contributed by atoms with Gasteiger partial charge in [-0.25, -0.2) is 4.79 Å². The zero-order valence-corrected chi connectivity index (χ0v) is 12.5. The molecule has 0 aromatic rings. The Morgan fingerprint density at radius 2 is 1.89 bits per heavy atom. The molecular weight excluding hydrogens is 224 g/mol. The first kappa shape index (κ1) is 16.9. The number of carbonyl (C=O) groups is 1. The standard InChI is InChI=1S/C16H28O2/c1-6-13(3)8-9-14(4)10-11-15(5)12-16(17)18-7-2/h10-14H,6-9H2,1-5H3. The van der Waals surface area contributed by atoms with E-state index in [4.69, 9.17) is 4.74 Å². The molecule has 0 rings (SSSR count). The van der Waals surface area contributed by atoms with Crippen LogP contribution < -0.4 is 0 Å². The molecule has 0 aliphatic carbocycles. The first-order valence-corrected chi connectivity index (χ1v) is 7.02. The first-order valence-electron chi connectivity index (χ1n) is 7.02. The van der Waals surface area contributed by atoms with Gasteiger partial charge in [0.05, 0.1) is 6.61 Å². The second-order valence-corrected chi connectivity index (χ2v) is 5.07. The van der Waals surface area contributed by atoms with Gasteiger partial charge in [-0.2, -0.15) is 0 Å². The molecule has 0 aliphatic heterocycles. The average molecular weight is 252 g/mol. The van der Waals surface area contributed by atoms with Gasteiger partial charge in [-0.3, -0.25) is 0 Å². The van der Waals surface area contributed by atoms with E-state index < -0.39 is 0 Å². The van der Waals surface area contributed by atoms with Crippen LogP contribution in [-0.2, 0) is 9.53 Å². The largest absolute Gasteiger partial charge is 0.463 e. The molecule has 2 nitrogen and oxygen atoms in total. The van der Waals surface area contributed by atoms with Crippen molar-refractivity contribution in [2.45, 2.75) is 53.9 Å². The summed E-state index contributed by atoms with van der Waals surface area (Å²) in [7, 11) is 0. The van der Waals surface area contributed by atoms with E-state index in [-0.39, 0.29) is 5.97 Å². The summed E-state index contributed by atoms with van der Waals surface area (Å²) in [6, 6.07) is 0. The summed E-state index contributed by atoms with van der Waals surface area (Å²) in [6.45, 7) is 10.9. The Kier molecular flexibility index (Phi) is 9.35. The molecule has 2 heteroatoms. The van der Waals surface area contributed by atoms with Gasteiger partial charge in [-0.15, -0.1) is 0 Å². The van der Waals surface area contributed by atoms with Crippen molar-refractivity contribution in [1.29, 1.82) is 0 Å². The number of rotatable bonds is 8. The van der Waals surface area contributed by atoms with Gasteiger partial charge in [0.25, 0.3) is 0 Å². The van der Waals surface area contributed by atoms with Gasteiger partial charge < -0.3 is 4.74 Å². The number of esters is 1. The Hall–Kier alpha value is -1.05. The molecule has 0 saturated carbocycles. The van der Waals surface area contributed by atoms with Crippen molar-refractivity contribution in [3.05, 3.63) is 23.8 Å². The molecule has 2 unspecified atom stereocenters. The molecule has 0 bridgehead atoms. The predicted octanol–water partition coefficient (Wildman–Crippen LogP) is 4.51. The number of carbonyl (C=O) groups excluding carboxylic acids is 1. The zero-order chi connectivity index (χ0) is 14.0. The van der Waals surface area contributed by atoms with Crippen LogP contribution >= 0.6 is 0 Å². The van der Waals surface area contributed by atoms with E-state index in [1.165, 1.54) is 19.3 Å². The van der Waals surface area contributed by atoms with Crippen LogP contribution in [0.15, 0.2) is 23.8 Å². The Bertz CT molecular complexity index is 289. The quantitative estimate of drug-likeness (QED) is 0.361. The molecule has 0 radical (unpaired) electrons. The molecular formula is C16H28O2. The lowest BCUT2D eigenvalue weighted by Gasteiger charge is -2.10. The SMILES string of the molecule is CCOC(=O)C=C(C)C=CC(C)CCC(C)CC. The molecule has 18 heavy (non-hydrogen) atoms. The van der Waals surface area contributed by atoms with Crippen molar-refractivity contribution in [1.82, 2.24) is 0 Å². The number of hydrogen-bond acceptors (Lipinski definition) is 2. The van der Waals surface area contributed by atoms with Crippen LogP contribution in [0.4, 0.5) is 0 Å². The summed E-state index contributed by atoms with van der Waals surface area (Å²) >= 11 is 0. The van der Waals surface area contributed by atoms with Gasteiger partial charge in [0.1, 0.15) is 0 Å². The number of ether oxygens (including phenoxy) is 1. The molecule has 0 spiro atoms. The molecule has 104 valence electrons. The van der Waals surface area contributed by atoms with Gasteiger partial charge in [0, 0.05) is 6.08 Å². The highest BCUT2D eigenvalue weighted by atomic mass is 16.5. The molecule has 0 amide bonds. The Labute approximate surface area is 112 Å². The maximum Gasteiger partial charge on any atom is 0.330 e. The molecule has 0 heterocycles. The Morgan fingerprint density at radius 3 is 2.44 bits per heavy atom. The lowest BCUT2D eigenvalue weighted by molar-refractivity contribution is -0.137. The van der Waals surface area contributed by atoms with Crippen LogP contribution in [-0.4, -0.2) is 12.6 Å². The van der Waals surface area contributed by atoms with Gasteiger partial charge >= 0.3 is 5.97 Å². The van der Waals surface area contributed by atoms with Gasteiger partial charge in [-0.1, -0.05) is 45.8 Å². The smallest absolute Gasteiger partial charge is 0.330 e. The fourth-order valence-corrected chi connectivity index (χ4v) is 1.58. The fourth-order valence-electron chi connectivity index (χ4n) is 1.58. The third-order valence-corrected chi connectivity index (χ3v) is 3.13. The molecule has 0 aromatic heterocycles. The van der Waals surface area contributed by atoms with Crippen LogP contribution in [0.25, 0.3) is 0 Å².